The first kappa shape index (κ1) is 11.9. The minimum Gasteiger partial charge on any atom is -0.353 e. The number of rotatable bonds is 2. The molecule has 1 aliphatic heterocycles. The quantitative estimate of drug-likeness (QED) is 0.795. The van der Waals surface area contributed by atoms with Crippen molar-refractivity contribution >= 4 is 38.2 Å². The Morgan fingerprint density at radius 2 is 1.89 bits per heavy atom. The second-order valence-electron chi connectivity index (χ2n) is 4.11. The zero-order valence-electron chi connectivity index (χ0n) is 9.79. The lowest BCUT2D eigenvalue weighted by molar-refractivity contribution is 0.645. The van der Waals surface area contributed by atoms with Crippen LogP contribution in [0.15, 0.2) is 34.4 Å². The van der Waals surface area contributed by atoms with Crippen LogP contribution in [0.5, 0.6) is 0 Å². The highest BCUT2D eigenvalue weighted by molar-refractivity contribution is 9.10. The Morgan fingerprint density at radius 1 is 1.11 bits per heavy atom. The number of hydrogen-bond donors (Lipinski definition) is 0. The number of hydrogen-bond acceptors (Lipinski definition) is 5. The van der Waals surface area contributed by atoms with Crippen LogP contribution in [0.4, 0.5) is 10.9 Å². The fraction of sp³-hybridized carbons (Fsp3) is 0.333. The molecule has 0 unspecified atom stereocenters. The predicted octanol–water partition coefficient (Wildman–Crippen LogP) is 2.63. The average Bonchev–Trinajstić information content (AvgIpc) is 2.93. The molecule has 1 aliphatic rings. The molecule has 0 aliphatic carbocycles. The summed E-state index contributed by atoms with van der Waals surface area (Å²) in [6.45, 7) is 3.98. The molecule has 94 valence electrons. The molecule has 0 aromatic carbocycles. The van der Waals surface area contributed by atoms with Gasteiger partial charge >= 0.3 is 0 Å². The number of thiazole rings is 1. The molecule has 0 amide bonds. The average molecular weight is 325 g/mol. The predicted molar refractivity (Wildman–Crippen MR) is 78.5 cm³/mol. The molecule has 3 heterocycles. The Morgan fingerprint density at radius 3 is 2.56 bits per heavy atom. The molecule has 0 N–H and O–H groups in total. The highest BCUT2D eigenvalue weighted by atomic mass is 79.9. The summed E-state index contributed by atoms with van der Waals surface area (Å²) in [6.07, 6.45) is 1.86. The smallest absolute Gasteiger partial charge is 0.185 e. The lowest BCUT2D eigenvalue weighted by Crippen LogP contribution is -2.46. The SMILES string of the molecule is Brc1cccc(N2CCN(c3nccs3)CC2)n1. The molecule has 2 aromatic rings. The highest BCUT2D eigenvalue weighted by Gasteiger charge is 2.19. The van der Waals surface area contributed by atoms with E-state index in [1.165, 1.54) is 0 Å². The summed E-state index contributed by atoms with van der Waals surface area (Å²) in [4.78, 5) is 13.5. The maximum atomic E-state index is 4.50. The third-order valence-corrected chi connectivity index (χ3v) is 4.27. The van der Waals surface area contributed by atoms with Gasteiger partial charge in [0, 0.05) is 37.8 Å². The van der Waals surface area contributed by atoms with E-state index in [1.54, 1.807) is 11.3 Å². The number of halogens is 1. The lowest BCUT2D eigenvalue weighted by Gasteiger charge is -2.35. The summed E-state index contributed by atoms with van der Waals surface area (Å²) in [7, 11) is 0. The Bertz CT molecular complexity index is 509. The minimum absolute atomic E-state index is 0.891. The molecular weight excluding hydrogens is 312 g/mol. The fourth-order valence-electron chi connectivity index (χ4n) is 2.07. The van der Waals surface area contributed by atoms with Crippen LogP contribution < -0.4 is 9.80 Å². The summed E-state index contributed by atoms with van der Waals surface area (Å²) in [5.41, 5.74) is 0. The van der Waals surface area contributed by atoms with Crippen molar-refractivity contribution in [1.82, 2.24) is 9.97 Å². The molecule has 0 spiro atoms. The summed E-state index contributed by atoms with van der Waals surface area (Å²) < 4.78 is 0.891. The highest BCUT2D eigenvalue weighted by Crippen LogP contribution is 2.21. The fourth-order valence-corrected chi connectivity index (χ4v) is 3.10. The molecule has 0 saturated carbocycles. The van der Waals surface area contributed by atoms with Gasteiger partial charge in [-0.2, -0.15) is 0 Å². The van der Waals surface area contributed by atoms with Crippen molar-refractivity contribution in [1.29, 1.82) is 0 Å². The van der Waals surface area contributed by atoms with Crippen LogP contribution in [0, 0.1) is 0 Å². The Balaban J connectivity index is 1.67. The second-order valence-corrected chi connectivity index (χ2v) is 5.79. The van der Waals surface area contributed by atoms with Crippen LogP contribution >= 0.6 is 27.3 Å². The second kappa shape index (κ2) is 5.24. The van der Waals surface area contributed by atoms with Crippen molar-refractivity contribution in [2.45, 2.75) is 0 Å². The Kier molecular flexibility index (Phi) is 3.47. The molecule has 2 aromatic heterocycles. The molecule has 0 radical (unpaired) electrons. The van der Waals surface area contributed by atoms with E-state index in [2.05, 4.69) is 41.8 Å². The molecule has 4 nitrogen and oxygen atoms in total. The van der Waals surface area contributed by atoms with Crippen molar-refractivity contribution in [2.24, 2.45) is 0 Å². The summed E-state index contributed by atoms with van der Waals surface area (Å²) in [5.74, 6) is 1.04. The maximum Gasteiger partial charge on any atom is 0.185 e. The third-order valence-electron chi connectivity index (χ3n) is 2.99. The van der Waals surface area contributed by atoms with E-state index < -0.39 is 0 Å². The Labute approximate surface area is 118 Å². The van der Waals surface area contributed by atoms with E-state index in [0.29, 0.717) is 0 Å². The van der Waals surface area contributed by atoms with Crippen LogP contribution in [-0.4, -0.2) is 36.1 Å². The van der Waals surface area contributed by atoms with Crippen molar-refractivity contribution in [3.05, 3.63) is 34.4 Å². The summed E-state index contributed by atoms with van der Waals surface area (Å²) in [5, 5.41) is 3.15. The van der Waals surface area contributed by atoms with Gasteiger partial charge in [-0.1, -0.05) is 6.07 Å². The summed E-state index contributed by atoms with van der Waals surface area (Å²) >= 11 is 5.12. The van der Waals surface area contributed by atoms with Gasteiger partial charge in [0.15, 0.2) is 5.13 Å². The molecular formula is C12H13BrN4S. The first-order chi connectivity index (χ1) is 8.83. The maximum absolute atomic E-state index is 4.50. The lowest BCUT2D eigenvalue weighted by atomic mass is 10.3. The van der Waals surface area contributed by atoms with E-state index in [9.17, 15) is 0 Å². The normalized spacial score (nSPS) is 16.1. The zero-order chi connectivity index (χ0) is 12.4. The van der Waals surface area contributed by atoms with Crippen LogP contribution in [0.3, 0.4) is 0 Å². The largest absolute Gasteiger partial charge is 0.353 e. The molecule has 0 bridgehead atoms. The first-order valence-corrected chi connectivity index (χ1v) is 7.52. The van der Waals surface area contributed by atoms with Crippen LogP contribution in [0.25, 0.3) is 0 Å². The van der Waals surface area contributed by atoms with Gasteiger partial charge < -0.3 is 9.80 Å². The van der Waals surface area contributed by atoms with Crippen LogP contribution in [0.1, 0.15) is 0 Å². The molecule has 18 heavy (non-hydrogen) atoms. The Hall–Kier alpha value is -1.14. The van der Waals surface area contributed by atoms with Gasteiger partial charge in [-0.05, 0) is 28.1 Å². The third kappa shape index (κ3) is 2.49. The van der Waals surface area contributed by atoms with Gasteiger partial charge in [-0.3, -0.25) is 0 Å². The van der Waals surface area contributed by atoms with Crippen molar-refractivity contribution in [3.8, 4) is 0 Å². The number of pyridine rings is 1. The zero-order valence-corrected chi connectivity index (χ0v) is 12.2. The molecule has 1 saturated heterocycles. The minimum atomic E-state index is 0.891. The van der Waals surface area contributed by atoms with E-state index in [-0.39, 0.29) is 0 Å². The van der Waals surface area contributed by atoms with Gasteiger partial charge in [0.2, 0.25) is 0 Å². The van der Waals surface area contributed by atoms with Crippen LogP contribution in [-0.2, 0) is 0 Å². The molecule has 1 fully saturated rings. The first-order valence-electron chi connectivity index (χ1n) is 5.85. The van der Waals surface area contributed by atoms with Crippen molar-refractivity contribution in [2.75, 3.05) is 36.0 Å². The standard InChI is InChI=1S/C12H13BrN4S/c13-10-2-1-3-11(15-10)16-5-7-17(8-6-16)12-14-4-9-18-12/h1-4,9H,5-8H2. The summed E-state index contributed by atoms with van der Waals surface area (Å²) in [6, 6.07) is 6.04. The van der Waals surface area contributed by atoms with Crippen molar-refractivity contribution in [3.63, 3.8) is 0 Å². The van der Waals surface area contributed by atoms with E-state index in [1.807, 2.05) is 23.7 Å². The van der Waals surface area contributed by atoms with Gasteiger partial charge in [0.25, 0.3) is 0 Å². The molecule has 0 atom stereocenters. The molecule has 3 rings (SSSR count). The van der Waals surface area contributed by atoms with Gasteiger partial charge in [-0.15, -0.1) is 11.3 Å². The van der Waals surface area contributed by atoms with Gasteiger partial charge in [0.1, 0.15) is 10.4 Å². The monoisotopic (exact) mass is 324 g/mol. The van der Waals surface area contributed by atoms with E-state index >= 15 is 0 Å². The van der Waals surface area contributed by atoms with Gasteiger partial charge in [-0.25, -0.2) is 9.97 Å². The van der Waals surface area contributed by atoms with E-state index in [4.69, 9.17) is 0 Å². The topological polar surface area (TPSA) is 32.3 Å². The van der Waals surface area contributed by atoms with E-state index in [0.717, 1.165) is 41.7 Å². The number of nitrogens with zero attached hydrogens (tertiary/aromatic N) is 4. The van der Waals surface area contributed by atoms with Gasteiger partial charge in [0.05, 0.1) is 0 Å². The number of piperazine rings is 1. The van der Waals surface area contributed by atoms with Crippen molar-refractivity contribution < 1.29 is 0 Å². The number of anilines is 2. The number of aromatic nitrogens is 2. The molecule has 6 heteroatoms. The van der Waals surface area contributed by atoms with Crippen LogP contribution in [0.2, 0.25) is 0 Å².